The first kappa shape index (κ1) is 22.8. The van der Waals surface area contributed by atoms with Crippen LogP contribution < -0.4 is 9.64 Å². The van der Waals surface area contributed by atoms with E-state index in [2.05, 4.69) is 48.9 Å². The standard InChI is InChI=1S/C27H27ClN6O4/c28-18-7-19-26(32-27(30-19)38-22-13-37-24-21(35)12-36-25(22)24)31-23(18)15-3-5-17(6-4-15)33-10-16-8-29-34(20(16)11-33)9-14-1-2-14/h3-8,14,21-22,24-25,35H,1-2,9-13H2,(H,30,31,32)/t21-,22-,24-,25?/m1/s1. The summed E-state index contributed by atoms with van der Waals surface area (Å²) in [5.41, 5.74) is 6.60. The molecule has 6 heterocycles. The number of nitrogens with one attached hydrogen (secondary N) is 1. The van der Waals surface area contributed by atoms with Gasteiger partial charge < -0.3 is 29.2 Å². The number of aromatic amines is 1. The van der Waals surface area contributed by atoms with Crippen LogP contribution in [0.2, 0.25) is 5.02 Å². The number of nitrogens with zero attached hydrogens (tertiary/aromatic N) is 5. The number of fused-ring (bicyclic) bond motifs is 3. The Bertz CT molecular complexity index is 1520. The van der Waals surface area contributed by atoms with E-state index in [1.165, 1.54) is 24.1 Å². The van der Waals surface area contributed by atoms with Crippen molar-refractivity contribution in [1.82, 2.24) is 24.7 Å². The number of halogens is 1. The van der Waals surface area contributed by atoms with Crippen molar-refractivity contribution >= 4 is 28.5 Å². The molecule has 0 radical (unpaired) electrons. The second-order valence-electron chi connectivity index (χ2n) is 10.7. The second kappa shape index (κ2) is 8.67. The highest BCUT2D eigenvalue weighted by Gasteiger charge is 2.48. The van der Waals surface area contributed by atoms with Gasteiger partial charge in [-0.25, -0.2) is 4.98 Å². The van der Waals surface area contributed by atoms with E-state index in [-0.39, 0.29) is 24.9 Å². The molecule has 4 aliphatic rings. The fourth-order valence-electron chi connectivity index (χ4n) is 5.76. The number of aromatic nitrogens is 5. The highest BCUT2D eigenvalue weighted by molar-refractivity contribution is 6.33. The maximum atomic E-state index is 9.96. The van der Waals surface area contributed by atoms with Gasteiger partial charge in [0, 0.05) is 29.9 Å². The van der Waals surface area contributed by atoms with Gasteiger partial charge >= 0.3 is 0 Å². The molecule has 3 fully saturated rings. The van der Waals surface area contributed by atoms with Crippen molar-refractivity contribution in [3.63, 3.8) is 0 Å². The molecule has 0 bridgehead atoms. The highest BCUT2D eigenvalue weighted by atomic mass is 35.5. The molecular weight excluding hydrogens is 508 g/mol. The third kappa shape index (κ3) is 3.86. The van der Waals surface area contributed by atoms with Gasteiger partial charge in [-0.1, -0.05) is 23.7 Å². The molecule has 0 spiro atoms. The first-order valence-electron chi connectivity index (χ1n) is 13.1. The number of H-pyrrole nitrogens is 1. The smallest absolute Gasteiger partial charge is 0.296 e. The van der Waals surface area contributed by atoms with Crippen molar-refractivity contribution in [2.75, 3.05) is 18.1 Å². The number of aliphatic hydroxyl groups is 1. The Labute approximate surface area is 223 Å². The molecule has 1 aliphatic carbocycles. The topological polar surface area (TPSA) is 111 Å². The van der Waals surface area contributed by atoms with Crippen molar-refractivity contribution in [3.05, 3.63) is 52.8 Å². The molecule has 8 rings (SSSR count). The summed E-state index contributed by atoms with van der Waals surface area (Å²) in [6.07, 6.45) is 3.01. The lowest BCUT2D eigenvalue weighted by molar-refractivity contribution is 0.00706. The van der Waals surface area contributed by atoms with Gasteiger partial charge in [0.05, 0.1) is 47.9 Å². The van der Waals surface area contributed by atoms with Crippen molar-refractivity contribution < 1.29 is 19.3 Å². The van der Waals surface area contributed by atoms with Crippen LogP contribution in [0.15, 0.2) is 36.5 Å². The number of hydrogen-bond donors (Lipinski definition) is 2. The number of ether oxygens (including phenoxy) is 3. The van der Waals surface area contributed by atoms with E-state index in [1.807, 2.05) is 12.3 Å². The minimum absolute atomic E-state index is 0.248. The minimum Gasteiger partial charge on any atom is -0.456 e. The number of anilines is 1. The Balaban J connectivity index is 0.997. The zero-order valence-electron chi connectivity index (χ0n) is 20.6. The van der Waals surface area contributed by atoms with Crippen molar-refractivity contribution in [1.29, 1.82) is 0 Å². The van der Waals surface area contributed by atoms with E-state index in [0.717, 1.165) is 36.8 Å². The molecule has 4 atom stereocenters. The van der Waals surface area contributed by atoms with Gasteiger partial charge in [-0.2, -0.15) is 10.1 Å². The van der Waals surface area contributed by atoms with Gasteiger partial charge in [-0.15, -0.1) is 0 Å². The Morgan fingerprint density at radius 2 is 1.92 bits per heavy atom. The fourth-order valence-corrected chi connectivity index (χ4v) is 6.02. The predicted octanol–water partition coefficient (Wildman–Crippen LogP) is 3.31. The number of rotatable bonds is 6. The number of benzene rings is 1. The number of imidazole rings is 1. The molecule has 1 unspecified atom stereocenters. The average Bonchev–Trinajstić information content (AvgIpc) is 3.30. The van der Waals surface area contributed by atoms with E-state index < -0.39 is 6.10 Å². The van der Waals surface area contributed by atoms with Crippen LogP contribution in [0.4, 0.5) is 5.69 Å². The minimum atomic E-state index is -0.628. The van der Waals surface area contributed by atoms with Crippen LogP contribution in [-0.2, 0) is 29.1 Å². The molecule has 0 amide bonds. The molecule has 2 saturated heterocycles. The molecule has 2 N–H and O–H groups in total. The molecule has 3 aromatic heterocycles. The van der Waals surface area contributed by atoms with E-state index in [4.69, 9.17) is 30.8 Å². The lowest BCUT2D eigenvalue weighted by Crippen LogP contribution is -2.34. The Kier molecular flexibility index (Phi) is 5.20. The summed E-state index contributed by atoms with van der Waals surface area (Å²) >= 11 is 6.64. The predicted molar refractivity (Wildman–Crippen MR) is 139 cm³/mol. The van der Waals surface area contributed by atoms with Crippen molar-refractivity contribution in [2.24, 2.45) is 5.92 Å². The summed E-state index contributed by atoms with van der Waals surface area (Å²) in [5.74, 6) is 0.804. The molecular formula is C27H27ClN6O4. The highest BCUT2D eigenvalue weighted by Crippen LogP contribution is 2.36. The molecule has 10 nitrogen and oxygen atoms in total. The molecule has 38 heavy (non-hydrogen) atoms. The number of pyridine rings is 1. The lowest BCUT2D eigenvalue weighted by atomic mass is 10.1. The zero-order valence-corrected chi connectivity index (χ0v) is 21.3. The van der Waals surface area contributed by atoms with Crippen LogP contribution in [0, 0.1) is 5.92 Å². The molecule has 3 aliphatic heterocycles. The molecule has 11 heteroatoms. The van der Waals surface area contributed by atoms with E-state index in [0.29, 0.717) is 34.5 Å². The summed E-state index contributed by atoms with van der Waals surface area (Å²) in [4.78, 5) is 14.8. The Hall–Kier alpha value is -3.18. The van der Waals surface area contributed by atoms with Gasteiger partial charge in [-0.3, -0.25) is 4.68 Å². The third-order valence-corrected chi connectivity index (χ3v) is 8.31. The van der Waals surface area contributed by atoms with Crippen molar-refractivity contribution in [2.45, 2.75) is 56.9 Å². The second-order valence-corrected chi connectivity index (χ2v) is 11.1. The van der Waals surface area contributed by atoms with Gasteiger partial charge in [-0.05, 0) is 37.0 Å². The molecule has 196 valence electrons. The van der Waals surface area contributed by atoms with Gasteiger partial charge in [0.15, 0.2) is 11.8 Å². The molecule has 4 aromatic rings. The average molecular weight is 535 g/mol. The van der Waals surface area contributed by atoms with Crippen LogP contribution in [0.1, 0.15) is 24.1 Å². The summed E-state index contributed by atoms with van der Waals surface area (Å²) < 4.78 is 19.5. The van der Waals surface area contributed by atoms with Crippen LogP contribution in [0.5, 0.6) is 6.01 Å². The maximum Gasteiger partial charge on any atom is 0.296 e. The fraction of sp³-hybridized carbons (Fsp3) is 0.444. The lowest BCUT2D eigenvalue weighted by Gasteiger charge is -2.19. The monoisotopic (exact) mass is 534 g/mol. The van der Waals surface area contributed by atoms with E-state index in [1.54, 1.807) is 0 Å². The first-order chi connectivity index (χ1) is 18.6. The summed E-state index contributed by atoms with van der Waals surface area (Å²) in [5, 5.41) is 15.1. The van der Waals surface area contributed by atoms with Gasteiger partial charge in [0.25, 0.3) is 6.01 Å². The van der Waals surface area contributed by atoms with E-state index in [9.17, 15) is 5.11 Å². The molecule has 1 aromatic carbocycles. The zero-order chi connectivity index (χ0) is 25.4. The van der Waals surface area contributed by atoms with Crippen molar-refractivity contribution in [3.8, 4) is 17.3 Å². The van der Waals surface area contributed by atoms with Crippen LogP contribution in [0.25, 0.3) is 22.4 Å². The van der Waals surface area contributed by atoms with E-state index >= 15 is 0 Å². The SMILES string of the molecule is O[C@@H]1COC2[C@H](Oc3nc4nc(-c5ccc(N6Cc7cnn(CC8CC8)c7C6)cc5)c(Cl)cc4[nH]3)CO[C@@H]21. The Morgan fingerprint density at radius 3 is 2.76 bits per heavy atom. The maximum absolute atomic E-state index is 9.96. The first-order valence-corrected chi connectivity index (χ1v) is 13.5. The Morgan fingerprint density at radius 1 is 1.08 bits per heavy atom. The third-order valence-electron chi connectivity index (χ3n) is 8.02. The van der Waals surface area contributed by atoms with Crippen LogP contribution >= 0.6 is 11.6 Å². The summed E-state index contributed by atoms with van der Waals surface area (Å²) in [7, 11) is 0. The number of hydrogen-bond acceptors (Lipinski definition) is 8. The van der Waals surface area contributed by atoms with Gasteiger partial charge in [0.1, 0.15) is 18.3 Å². The van der Waals surface area contributed by atoms with Gasteiger partial charge in [0.2, 0.25) is 0 Å². The quantitative estimate of drug-likeness (QED) is 0.388. The summed E-state index contributed by atoms with van der Waals surface area (Å²) in [6.45, 7) is 3.37. The molecule has 1 saturated carbocycles. The normalized spacial score (nSPS) is 26.3. The number of aliphatic hydroxyl groups excluding tert-OH is 1. The summed E-state index contributed by atoms with van der Waals surface area (Å²) in [6, 6.07) is 10.5. The van der Waals surface area contributed by atoms with Crippen LogP contribution in [0.3, 0.4) is 0 Å². The van der Waals surface area contributed by atoms with Crippen LogP contribution in [-0.4, -0.2) is 67.5 Å². The largest absolute Gasteiger partial charge is 0.456 e.